The fourth-order valence-corrected chi connectivity index (χ4v) is 0. The van der Waals surface area contributed by atoms with Gasteiger partial charge in [0.2, 0.25) is 10.4 Å². The third kappa shape index (κ3) is 79.1. The SMILES string of the molecule is O=S(=O)([O-])OO.[Al+3].[O-][Si]([O-])(O)O. The Labute approximate surface area is 79.0 Å². The average molecular weight is 234 g/mol. The predicted octanol–water partition coefficient (Wildman–Crippen LogP) is -5.32. The van der Waals surface area contributed by atoms with Gasteiger partial charge >= 0.3 is 17.4 Å². The third-order valence-corrected chi connectivity index (χ3v) is 0.274. The first-order valence-electron chi connectivity index (χ1n) is 1.70. The molecule has 0 atom stereocenters. The molecule has 0 saturated heterocycles. The van der Waals surface area contributed by atoms with Crippen molar-refractivity contribution >= 4 is 36.8 Å². The molecule has 0 bridgehead atoms. The summed E-state index contributed by atoms with van der Waals surface area (Å²) in [6, 6.07) is 0. The van der Waals surface area contributed by atoms with Gasteiger partial charge in [-0.05, 0) is 0 Å². The first-order chi connectivity index (χ1) is 4.56. The second-order valence-electron chi connectivity index (χ2n) is 1.03. The fourth-order valence-electron chi connectivity index (χ4n) is 0. The molecule has 0 aliphatic carbocycles. The predicted molar refractivity (Wildman–Crippen MR) is 29.4 cm³/mol. The molecule has 12 heteroatoms. The van der Waals surface area contributed by atoms with Crippen molar-refractivity contribution < 1.29 is 41.7 Å². The topological polar surface area (TPSA) is 173 Å². The maximum Gasteiger partial charge on any atom is 3.00 e. The molecule has 0 aromatic carbocycles. The van der Waals surface area contributed by atoms with E-state index in [0.717, 1.165) is 0 Å². The van der Waals surface area contributed by atoms with E-state index in [1.54, 1.807) is 0 Å². The number of hydrogen-bond donors (Lipinski definition) is 3. The Bertz CT molecular complexity index is 169. The summed E-state index contributed by atoms with van der Waals surface area (Å²) in [6.07, 6.45) is 0. The van der Waals surface area contributed by atoms with Gasteiger partial charge in [0.05, 0.1) is 0 Å². The summed E-state index contributed by atoms with van der Waals surface area (Å²) >= 11 is 0. The van der Waals surface area contributed by atoms with Crippen LogP contribution in [0.1, 0.15) is 0 Å². The van der Waals surface area contributed by atoms with E-state index in [1.807, 2.05) is 0 Å². The Morgan fingerprint density at radius 3 is 1.33 bits per heavy atom. The molecular formula is H3AlO9SSi. The molecule has 0 aromatic rings. The van der Waals surface area contributed by atoms with Crippen LogP contribution in [-0.4, -0.2) is 54.2 Å². The first-order valence-corrected chi connectivity index (χ1v) is 4.75. The van der Waals surface area contributed by atoms with Crippen LogP contribution >= 0.6 is 0 Å². The molecule has 0 spiro atoms. The van der Waals surface area contributed by atoms with E-state index in [0.29, 0.717) is 0 Å². The summed E-state index contributed by atoms with van der Waals surface area (Å²) < 4.78 is 29.3. The van der Waals surface area contributed by atoms with Gasteiger partial charge in [0.25, 0.3) is 0 Å². The molecule has 0 aliphatic rings. The maximum absolute atomic E-state index is 8.97. The molecule has 0 heterocycles. The molecule has 0 rings (SSSR count). The maximum atomic E-state index is 8.97. The summed E-state index contributed by atoms with van der Waals surface area (Å²) in [7, 11) is -9.97. The normalized spacial score (nSPS) is 10.8. The van der Waals surface area contributed by atoms with Crippen molar-refractivity contribution in [3.05, 3.63) is 0 Å². The number of hydrogen-bond acceptors (Lipinski definition) is 9. The monoisotopic (exact) mass is 234 g/mol. The molecule has 0 aromatic heterocycles. The van der Waals surface area contributed by atoms with E-state index in [4.69, 9.17) is 37.4 Å². The largest absolute Gasteiger partial charge is 3.00 e. The zero-order valence-corrected chi connectivity index (χ0v) is 8.25. The summed E-state index contributed by atoms with van der Waals surface area (Å²) in [4.78, 5) is 31.8. The van der Waals surface area contributed by atoms with Crippen LogP contribution in [0.3, 0.4) is 0 Å². The van der Waals surface area contributed by atoms with Gasteiger partial charge in [-0.1, -0.05) is 0 Å². The van der Waals surface area contributed by atoms with E-state index < -0.39 is 19.4 Å². The van der Waals surface area contributed by atoms with Crippen molar-refractivity contribution in [3.8, 4) is 0 Å². The van der Waals surface area contributed by atoms with E-state index in [-0.39, 0.29) is 17.4 Å². The summed E-state index contributed by atoms with van der Waals surface area (Å²) in [5, 5.41) is 7.00. The molecule has 0 saturated carbocycles. The average Bonchev–Trinajstić information content (AvgIpc) is 1.59. The van der Waals surface area contributed by atoms with Crippen LogP contribution in [-0.2, 0) is 14.7 Å². The zero-order chi connectivity index (χ0) is 9.71. The van der Waals surface area contributed by atoms with Crippen LogP contribution in [0.2, 0.25) is 0 Å². The van der Waals surface area contributed by atoms with Gasteiger partial charge in [-0.2, -0.15) is 0 Å². The Morgan fingerprint density at radius 1 is 1.25 bits per heavy atom. The molecule has 9 nitrogen and oxygen atoms in total. The van der Waals surface area contributed by atoms with Crippen LogP contribution in [0.25, 0.3) is 0 Å². The molecule has 12 heavy (non-hydrogen) atoms. The quantitative estimate of drug-likeness (QED) is 0.131. The van der Waals surface area contributed by atoms with Crippen molar-refractivity contribution in [1.82, 2.24) is 0 Å². The van der Waals surface area contributed by atoms with E-state index >= 15 is 0 Å². The smallest absolute Gasteiger partial charge is 0.828 e. The molecule has 0 fully saturated rings. The van der Waals surface area contributed by atoms with Crippen molar-refractivity contribution in [2.75, 3.05) is 0 Å². The van der Waals surface area contributed by atoms with Crippen molar-refractivity contribution in [2.45, 2.75) is 0 Å². The van der Waals surface area contributed by atoms with Crippen LogP contribution < -0.4 is 9.59 Å². The van der Waals surface area contributed by atoms with Gasteiger partial charge in [0.1, 0.15) is 9.05 Å². The first kappa shape index (κ1) is 18.3. The minimum Gasteiger partial charge on any atom is -0.828 e. The zero-order valence-electron chi connectivity index (χ0n) is 5.28. The molecule has 70 valence electrons. The van der Waals surface area contributed by atoms with Gasteiger partial charge in [-0.15, -0.1) is 4.33 Å². The van der Waals surface area contributed by atoms with Gasteiger partial charge in [0, 0.05) is 0 Å². The van der Waals surface area contributed by atoms with E-state index in [1.165, 1.54) is 0 Å². The minimum absolute atomic E-state index is 0. The molecule has 0 radical (unpaired) electrons. The van der Waals surface area contributed by atoms with Gasteiger partial charge < -0.3 is 23.7 Å². The van der Waals surface area contributed by atoms with Crippen molar-refractivity contribution in [2.24, 2.45) is 0 Å². The second kappa shape index (κ2) is 6.88. The fraction of sp³-hybridized carbons (Fsp3) is 0. The number of rotatable bonds is 1. The van der Waals surface area contributed by atoms with Crippen LogP contribution in [0.4, 0.5) is 0 Å². The van der Waals surface area contributed by atoms with Gasteiger partial charge in [-0.25, -0.2) is 13.7 Å². The molecule has 0 aliphatic heterocycles. The van der Waals surface area contributed by atoms with E-state index in [2.05, 4.69) is 4.33 Å². The Morgan fingerprint density at radius 2 is 1.33 bits per heavy atom. The summed E-state index contributed by atoms with van der Waals surface area (Å²) in [5.41, 5.74) is 0. The molecular weight excluding hydrogens is 231 g/mol. The molecule has 3 N–H and O–H groups in total. The molecule has 0 amide bonds. The Hall–Kier alpha value is 0.419. The standard InChI is InChI=1S/Al.H2O5S.H2O4Si/c;1-5-6(2,3)4;1-5(2,3)4/h;1H,(H,2,3,4);1-2H/q+3;;-2/p-1. The molecule has 0 unspecified atom stereocenters. The Kier molecular flexibility index (Phi) is 10.5. The van der Waals surface area contributed by atoms with Gasteiger partial charge in [0.15, 0.2) is 0 Å². The van der Waals surface area contributed by atoms with Crippen LogP contribution in [0, 0.1) is 0 Å². The summed E-state index contributed by atoms with van der Waals surface area (Å²) in [5.74, 6) is 0. The second-order valence-corrected chi connectivity index (χ2v) is 3.09. The van der Waals surface area contributed by atoms with Crippen molar-refractivity contribution in [1.29, 1.82) is 0 Å². The van der Waals surface area contributed by atoms with Crippen LogP contribution in [0.15, 0.2) is 0 Å². The third-order valence-electron chi connectivity index (χ3n) is 0.0913. The summed E-state index contributed by atoms with van der Waals surface area (Å²) in [6.45, 7) is 0. The van der Waals surface area contributed by atoms with Crippen molar-refractivity contribution in [3.63, 3.8) is 0 Å². The Balaban J connectivity index is -0.000000126. The minimum atomic E-state index is -5.11. The van der Waals surface area contributed by atoms with Gasteiger partial charge in [-0.3, -0.25) is 0 Å². The van der Waals surface area contributed by atoms with E-state index in [9.17, 15) is 0 Å². The van der Waals surface area contributed by atoms with Crippen LogP contribution in [0.5, 0.6) is 0 Å².